The predicted octanol–water partition coefficient (Wildman–Crippen LogP) is 6.72. The summed E-state index contributed by atoms with van der Waals surface area (Å²) >= 11 is 0. The van der Waals surface area contributed by atoms with Crippen molar-refractivity contribution >= 4 is 6.08 Å². The molecule has 0 aromatic heterocycles. The predicted molar refractivity (Wildman–Crippen MR) is 105 cm³/mol. The van der Waals surface area contributed by atoms with Gasteiger partial charge in [-0.2, -0.15) is 0 Å². The molecule has 2 aromatic rings. The average molecular weight is 386 g/mol. The Labute approximate surface area is 164 Å². The molecule has 1 saturated carbocycles. The van der Waals surface area contributed by atoms with E-state index in [2.05, 4.69) is 6.58 Å². The molecular weight excluding hydrogens is 361 g/mol. The number of epoxide rings is 1. The van der Waals surface area contributed by atoms with E-state index in [9.17, 15) is 13.2 Å². The summed E-state index contributed by atoms with van der Waals surface area (Å²) in [5.41, 5.74) is 2.35. The van der Waals surface area contributed by atoms with Crippen LogP contribution in [-0.2, 0) is 11.2 Å². The topological polar surface area (TPSA) is 12.5 Å². The van der Waals surface area contributed by atoms with Gasteiger partial charge < -0.3 is 4.74 Å². The van der Waals surface area contributed by atoms with E-state index in [0.29, 0.717) is 24.5 Å². The second-order valence-electron chi connectivity index (χ2n) is 8.01. The minimum absolute atomic E-state index is 0.0741. The number of ether oxygens (including phenoxy) is 1. The summed E-state index contributed by atoms with van der Waals surface area (Å²) in [5.74, 6) is -0.984. The first-order chi connectivity index (χ1) is 13.6. The van der Waals surface area contributed by atoms with Crippen LogP contribution >= 0.6 is 0 Å². The van der Waals surface area contributed by atoms with Crippen molar-refractivity contribution in [1.29, 1.82) is 0 Å². The van der Waals surface area contributed by atoms with Gasteiger partial charge in [-0.3, -0.25) is 0 Å². The lowest BCUT2D eigenvalue weighted by atomic mass is 9.76. The van der Waals surface area contributed by atoms with Crippen molar-refractivity contribution in [1.82, 2.24) is 0 Å². The fraction of sp³-hybridized carbons (Fsp3) is 0.417. The van der Waals surface area contributed by atoms with Crippen molar-refractivity contribution in [3.63, 3.8) is 0 Å². The SMILES string of the molecule is C=Cc1ccc(CCC2CCC(c3ccc(C4CO4)cc3F)CC2)c(F)c1F. The van der Waals surface area contributed by atoms with Gasteiger partial charge >= 0.3 is 0 Å². The van der Waals surface area contributed by atoms with E-state index in [1.807, 2.05) is 12.1 Å². The summed E-state index contributed by atoms with van der Waals surface area (Å²) in [5, 5.41) is 0. The molecule has 1 atom stereocenters. The number of rotatable bonds is 6. The molecule has 1 heterocycles. The highest BCUT2D eigenvalue weighted by Gasteiger charge is 2.28. The van der Waals surface area contributed by atoms with E-state index in [-0.39, 0.29) is 23.4 Å². The van der Waals surface area contributed by atoms with Crippen LogP contribution in [0.15, 0.2) is 36.9 Å². The third kappa shape index (κ3) is 4.02. The molecule has 0 amide bonds. The summed E-state index contributed by atoms with van der Waals surface area (Å²) in [7, 11) is 0. The van der Waals surface area contributed by atoms with Crippen LogP contribution in [0.25, 0.3) is 6.08 Å². The number of hydrogen-bond acceptors (Lipinski definition) is 1. The third-order valence-corrected chi connectivity index (χ3v) is 6.25. The second kappa shape index (κ2) is 8.12. The summed E-state index contributed by atoms with van der Waals surface area (Å²) in [4.78, 5) is 0. The quantitative estimate of drug-likeness (QED) is 0.502. The zero-order valence-electron chi connectivity index (χ0n) is 15.9. The fourth-order valence-electron chi connectivity index (χ4n) is 4.39. The lowest BCUT2D eigenvalue weighted by Gasteiger charge is -2.29. The highest BCUT2D eigenvalue weighted by molar-refractivity contribution is 5.48. The van der Waals surface area contributed by atoms with Gasteiger partial charge in [-0.05, 0) is 73.1 Å². The molecule has 1 aliphatic heterocycles. The minimum atomic E-state index is -0.813. The molecular formula is C24H25F3O. The van der Waals surface area contributed by atoms with Crippen molar-refractivity contribution in [2.75, 3.05) is 6.61 Å². The Kier molecular flexibility index (Phi) is 5.58. The molecule has 2 aliphatic rings. The van der Waals surface area contributed by atoms with Crippen LogP contribution in [0.4, 0.5) is 13.2 Å². The summed E-state index contributed by atoms with van der Waals surface area (Å²) in [6.45, 7) is 4.18. The van der Waals surface area contributed by atoms with Crippen LogP contribution < -0.4 is 0 Å². The summed E-state index contributed by atoms with van der Waals surface area (Å²) in [6, 6.07) is 8.74. The van der Waals surface area contributed by atoms with Gasteiger partial charge in [0.05, 0.1) is 6.61 Å². The smallest absolute Gasteiger partial charge is 0.166 e. The van der Waals surface area contributed by atoms with Crippen LogP contribution in [0.2, 0.25) is 0 Å². The van der Waals surface area contributed by atoms with E-state index in [0.717, 1.165) is 43.2 Å². The van der Waals surface area contributed by atoms with Crippen molar-refractivity contribution in [2.24, 2.45) is 5.92 Å². The Morgan fingerprint density at radius 2 is 1.75 bits per heavy atom. The third-order valence-electron chi connectivity index (χ3n) is 6.25. The van der Waals surface area contributed by atoms with E-state index in [1.54, 1.807) is 18.2 Å². The van der Waals surface area contributed by atoms with E-state index in [4.69, 9.17) is 4.74 Å². The normalized spacial score (nSPS) is 24.2. The molecule has 1 aliphatic carbocycles. The van der Waals surface area contributed by atoms with E-state index in [1.165, 1.54) is 6.08 Å². The molecule has 148 valence electrons. The molecule has 0 radical (unpaired) electrons. The molecule has 2 fully saturated rings. The molecule has 1 nitrogen and oxygen atoms in total. The van der Waals surface area contributed by atoms with Crippen molar-refractivity contribution in [3.05, 3.63) is 76.6 Å². The van der Waals surface area contributed by atoms with Gasteiger partial charge in [0, 0.05) is 5.56 Å². The molecule has 0 N–H and O–H groups in total. The minimum Gasteiger partial charge on any atom is -0.368 e. The van der Waals surface area contributed by atoms with Gasteiger partial charge in [0.1, 0.15) is 11.9 Å². The molecule has 0 bridgehead atoms. The van der Waals surface area contributed by atoms with Gasteiger partial charge in [0.2, 0.25) is 0 Å². The van der Waals surface area contributed by atoms with E-state index < -0.39 is 11.6 Å². The van der Waals surface area contributed by atoms with Crippen LogP contribution in [0.5, 0.6) is 0 Å². The lowest BCUT2D eigenvalue weighted by Crippen LogP contribution is -2.15. The lowest BCUT2D eigenvalue weighted by molar-refractivity contribution is 0.305. The Morgan fingerprint density at radius 1 is 1.00 bits per heavy atom. The van der Waals surface area contributed by atoms with Gasteiger partial charge in [-0.1, -0.05) is 36.9 Å². The van der Waals surface area contributed by atoms with Crippen molar-refractivity contribution < 1.29 is 17.9 Å². The van der Waals surface area contributed by atoms with E-state index >= 15 is 0 Å². The first kappa shape index (κ1) is 19.3. The zero-order chi connectivity index (χ0) is 19.7. The zero-order valence-corrected chi connectivity index (χ0v) is 15.9. The highest BCUT2D eigenvalue weighted by atomic mass is 19.2. The molecule has 1 saturated heterocycles. The van der Waals surface area contributed by atoms with Gasteiger partial charge in [0.15, 0.2) is 11.6 Å². The number of halogens is 3. The summed E-state index contributed by atoms with van der Waals surface area (Å²) in [6.07, 6.45) is 6.62. The van der Waals surface area contributed by atoms with Gasteiger partial charge in [-0.25, -0.2) is 13.2 Å². The maximum atomic E-state index is 14.5. The van der Waals surface area contributed by atoms with Crippen LogP contribution in [0, 0.1) is 23.4 Å². The maximum Gasteiger partial charge on any atom is 0.166 e. The molecule has 1 unspecified atom stereocenters. The largest absolute Gasteiger partial charge is 0.368 e. The Morgan fingerprint density at radius 3 is 2.39 bits per heavy atom. The first-order valence-corrected chi connectivity index (χ1v) is 10.1. The molecule has 0 spiro atoms. The average Bonchev–Trinajstić information content (AvgIpc) is 3.55. The van der Waals surface area contributed by atoms with Crippen molar-refractivity contribution in [3.8, 4) is 0 Å². The molecule has 2 aromatic carbocycles. The fourth-order valence-corrected chi connectivity index (χ4v) is 4.39. The monoisotopic (exact) mass is 386 g/mol. The number of hydrogen-bond donors (Lipinski definition) is 0. The molecule has 4 heteroatoms. The molecule has 4 rings (SSSR count). The molecule has 28 heavy (non-hydrogen) atoms. The Hall–Kier alpha value is -2.07. The summed E-state index contributed by atoms with van der Waals surface area (Å²) < 4.78 is 47.8. The van der Waals surface area contributed by atoms with Crippen molar-refractivity contribution in [2.45, 2.75) is 50.5 Å². The van der Waals surface area contributed by atoms with Crippen LogP contribution in [0.1, 0.15) is 66.4 Å². The van der Waals surface area contributed by atoms with Crippen LogP contribution in [-0.4, -0.2) is 6.61 Å². The highest BCUT2D eigenvalue weighted by Crippen LogP contribution is 2.40. The number of aryl methyl sites for hydroxylation is 1. The maximum absolute atomic E-state index is 14.5. The van der Waals surface area contributed by atoms with Gasteiger partial charge in [0.25, 0.3) is 0 Å². The first-order valence-electron chi connectivity index (χ1n) is 10.1. The Bertz CT molecular complexity index is 864. The van der Waals surface area contributed by atoms with Crippen LogP contribution in [0.3, 0.4) is 0 Å². The Balaban J connectivity index is 1.32. The standard InChI is InChI=1S/C24H25F3O/c1-2-16-9-10-18(24(27)23(16)26)8-5-15-3-6-17(7-4-15)20-12-11-19(13-21(20)25)22-14-28-22/h2,9-13,15,17,22H,1,3-8,14H2. The van der Waals surface area contributed by atoms with Gasteiger partial charge in [-0.15, -0.1) is 0 Å². The second-order valence-corrected chi connectivity index (χ2v) is 8.01. The number of benzene rings is 2.